The van der Waals surface area contributed by atoms with Crippen LogP contribution in [0, 0.1) is 0 Å². The number of ether oxygens (including phenoxy) is 1. The van der Waals surface area contributed by atoms with Crippen LogP contribution in [0.25, 0.3) is 6.08 Å². The van der Waals surface area contributed by atoms with Crippen molar-refractivity contribution in [3.8, 4) is 5.75 Å². The van der Waals surface area contributed by atoms with Crippen LogP contribution in [0.3, 0.4) is 0 Å². The zero-order valence-electron chi connectivity index (χ0n) is 14.6. The predicted octanol–water partition coefficient (Wildman–Crippen LogP) is 6.13. The lowest BCUT2D eigenvalue weighted by molar-refractivity contribution is -0.122. The Morgan fingerprint density at radius 3 is 2.63 bits per heavy atom. The second kappa shape index (κ2) is 8.95. The average Bonchev–Trinajstić information content (AvgIpc) is 2.90. The van der Waals surface area contributed by atoms with E-state index < -0.39 is 0 Å². The van der Waals surface area contributed by atoms with Crippen LogP contribution in [0.4, 0.5) is 4.79 Å². The molecule has 0 aromatic heterocycles. The maximum absolute atomic E-state index is 12.4. The van der Waals surface area contributed by atoms with Crippen molar-refractivity contribution in [1.82, 2.24) is 4.90 Å². The van der Waals surface area contributed by atoms with Gasteiger partial charge in [0.25, 0.3) is 11.1 Å². The Balaban J connectivity index is 1.78. The minimum absolute atomic E-state index is 0.235. The highest BCUT2D eigenvalue weighted by Crippen LogP contribution is 2.38. The van der Waals surface area contributed by atoms with Gasteiger partial charge in [-0.15, -0.1) is 0 Å². The molecule has 3 rings (SSSR count). The van der Waals surface area contributed by atoms with E-state index in [4.69, 9.17) is 16.3 Å². The van der Waals surface area contributed by atoms with Crippen molar-refractivity contribution < 1.29 is 14.3 Å². The van der Waals surface area contributed by atoms with Crippen molar-refractivity contribution in [3.63, 3.8) is 0 Å². The van der Waals surface area contributed by atoms with Gasteiger partial charge in [0.15, 0.2) is 5.75 Å². The van der Waals surface area contributed by atoms with Crippen LogP contribution in [0.15, 0.2) is 51.8 Å². The molecule has 0 unspecified atom stereocenters. The second-order valence-corrected chi connectivity index (χ2v) is 8.18. The SMILES string of the molecule is CCCN1C(=O)S/C(=C/c2cc(Cl)c(OCc3ccccc3)c(Br)c2)C1=O. The van der Waals surface area contributed by atoms with Crippen LogP contribution >= 0.6 is 39.3 Å². The first-order valence-electron chi connectivity index (χ1n) is 8.40. The van der Waals surface area contributed by atoms with E-state index in [0.717, 1.165) is 29.3 Å². The fourth-order valence-corrected chi connectivity index (χ4v) is 4.45. The molecule has 1 fully saturated rings. The number of rotatable bonds is 6. The summed E-state index contributed by atoms with van der Waals surface area (Å²) >= 11 is 10.8. The number of imide groups is 1. The zero-order chi connectivity index (χ0) is 19.4. The number of benzene rings is 2. The van der Waals surface area contributed by atoms with Gasteiger partial charge >= 0.3 is 0 Å². The van der Waals surface area contributed by atoms with E-state index in [2.05, 4.69) is 15.9 Å². The Morgan fingerprint density at radius 2 is 1.96 bits per heavy atom. The van der Waals surface area contributed by atoms with Crippen molar-refractivity contribution in [2.24, 2.45) is 0 Å². The second-order valence-electron chi connectivity index (χ2n) is 5.92. The van der Waals surface area contributed by atoms with Crippen LogP contribution in [-0.4, -0.2) is 22.6 Å². The van der Waals surface area contributed by atoms with Crippen LogP contribution < -0.4 is 4.74 Å². The van der Waals surface area contributed by atoms with E-state index in [9.17, 15) is 9.59 Å². The van der Waals surface area contributed by atoms with Crippen LogP contribution in [0.2, 0.25) is 5.02 Å². The summed E-state index contributed by atoms with van der Waals surface area (Å²) in [5.41, 5.74) is 1.76. The van der Waals surface area contributed by atoms with Crippen molar-refractivity contribution in [2.75, 3.05) is 6.54 Å². The molecule has 0 aliphatic carbocycles. The van der Waals surface area contributed by atoms with Gasteiger partial charge in [-0.05, 0) is 63.4 Å². The van der Waals surface area contributed by atoms with Gasteiger partial charge in [-0.1, -0.05) is 48.9 Å². The molecule has 0 spiro atoms. The summed E-state index contributed by atoms with van der Waals surface area (Å²) in [6.07, 6.45) is 2.41. The maximum Gasteiger partial charge on any atom is 0.293 e. The number of amides is 2. The Labute approximate surface area is 175 Å². The Morgan fingerprint density at radius 1 is 1.22 bits per heavy atom. The van der Waals surface area contributed by atoms with E-state index in [1.54, 1.807) is 12.1 Å². The molecule has 1 heterocycles. The standard InChI is InChI=1S/C20H17BrClNO3S/c1-2-8-23-19(24)17(27-20(23)25)11-14-9-15(21)18(16(22)10-14)26-12-13-6-4-3-5-7-13/h3-7,9-11H,2,8,12H2,1H3/b17-11+. The molecule has 4 nitrogen and oxygen atoms in total. The molecular formula is C20H17BrClNO3S. The number of carbonyl (C=O) groups excluding carboxylic acids is 2. The normalized spacial score (nSPS) is 15.7. The van der Waals surface area contributed by atoms with Crippen LogP contribution in [-0.2, 0) is 11.4 Å². The highest BCUT2D eigenvalue weighted by atomic mass is 79.9. The highest BCUT2D eigenvalue weighted by Gasteiger charge is 2.34. The molecule has 1 saturated heterocycles. The third-order valence-electron chi connectivity index (χ3n) is 3.87. The van der Waals surface area contributed by atoms with Gasteiger partial charge in [-0.25, -0.2) is 0 Å². The molecule has 0 radical (unpaired) electrons. The minimum atomic E-state index is -0.261. The maximum atomic E-state index is 12.4. The predicted molar refractivity (Wildman–Crippen MR) is 113 cm³/mol. The topological polar surface area (TPSA) is 46.6 Å². The number of hydrogen-bond acceptors (Lipinski definition) is 4. The first-order valence-corrected chi connectivity index (χ1v) is 10.4. The Kier molecular flexibility index (Phi) is 6.63. The van der Waals surface area contributed by atoms with Gasteiger partial charge in [0.2, 0.25) is 0 Å². The lowest BCUT2D eigenvalue weighted by Crippen LogP contribution is -2.28. The van der Waals surface area contributed by atoms with Crippen molar-refractivity contribution in [3.05, 3.63) is 68.0 Å². The number of thioether (sulfide) groups is 1. The first-order chi connectivity index (χ1) is 13.0. The molecule has 140 valence electrons. The van der Waals surface area contributed by atoms with Gasteiger partial charge < -0.3 is 4.74 Å². The molecule has 0 bridgehead atoms. The molecule has 2 aromatic carbocycles. The monoisotopic (exact) mass is 465 g/mol. The molecule has 2 amide bonds. The molecule has 1 aliphatic heterocycles. The first kappa shape index (κ1) is 20.0. The molecule has 0 atom stereocenters. The van der Waals surface area contributed by atoms with Crippen molar-refractivity contribution in [2.45, 2.75) is 20.0 Å². The summed E-state index contributed by atoms with van der Waals surface area (Å²) in [5, 5.41) is 0.195. The summed E-state index contributed by atoms with van der Waals surface area (Å²) in [7, 11) is 0. The summed E-state index contributed by atoms with van der Waals surface area (Å²) in [6, 6.07) is 13.3. The largest absolute Gasteiger partial charge is 0.486 e. The highest BCUT2D eigenvalue weighted by molar-refractivity contribution is 9.10. The van der Waals surface area contributed by atoms with Crippen LogP contribution in [0.5, 0.6) is 5.75 Å². The number of hydrogen-bond donors (Lipinski definition) is 0. The molecule has 1 aliphatic rings. The number of carbonyl (C=O) groups is 2. The van der Waals surface area contributed by atoms with Gasteiger partial charge in [-0.3, -0.25) is 14.5 Å². The summed E-state index contributed by atoms with van der Waals surface area (Å²) in [5.74, 6) is 0.278. The van der Waals surface area contributed by atoms with E-state index >= 15 is 0 Å². The smallest absolute Gasteiger partial charge is 0.293 e. The molecule has 7 heteroatoms. The van der Waals surface area contributed by atoms with Gasteiger partial charge in [0.1, 0.15) is 6.61 Å². The van der Waals surface area contributed by atoms with Crippen LogP contribution in [0.1, 0.15) is 24.5 Å². The third kappa shape index (κ3) is 4.75. The Bertz CT molecular complexity index is 878. The minimum Gasteiger partial charge on any atom is -0.486 e. The third-order valence-corrected chi connectivity index (χ3v) is 5.64. The lowest BCUT2D eigenvalue weighted by atomic mass is 10.2. The van der Waals surface area contributed by atoms with Crippen molar-refractivity contribution in [1.29, 1.82) is 0 Å². The fourth-order valence-electron chi connectivity index (χ4n) is 2.60. The molecule has 0 saturated carbocycles. The lowest BCUT2D eigenvalue weighted by Gasteiger charge is -2.11. The summed E-state index contributed by atoms with van der Waals surface area (Å²) in [4.78, 5) is 26.0. The number of halogens is 2. The molecular weight excluding hydrogens is 450 g/mol. The zero-order valence-corrected chi connectivity index (χ0v) is 17.7. The van der Waals surface area contributed by atoms with Gasteiger partial charge in [0, 0.05) is 6.54 Å². The summed E-state index contributed by atoms with van der Waals surface area (Å²) in [6.45, 7) is 2.76. The molecule has 2 aromatic rings. The average molecular weight is 467 g/mol. The van der Waals surface area contributed by atoms with Crippen molar-refractivity contribution >= 4 is 56.5 Å². The van der Waals surface area contributed by atoms with E-state index in [1.165, 1.54) is 4.90 Å². The number of nitrogens with zero attached hydrogens (tertiary/aromatic N) is 1. The van der Waals surface area contributed by atoms with Gasteiger partial charge in [-0.2, -0.15) is 0 Å². The van der Waals surface area contributed by atoms with E-state index in [-0.39, 0.29) is 11.1 Å². The summed E-state index contributed by atoms with van der Waals surface area (Å²) < 4.78 is 6.52. The van der Waals surface area contributed by atoms with Gasteiger partial charge in [0.05, 0.1) is 14.4 Å². The van der Waals surface area contributed by atoms with E-state index in [0.29, 0.717) is 33.3 Å². The molecule has 0 N–H and O–H groups in total. The quantitative estimate of drug-likeness (QED) is 0.481. The molecule has 27 heavy (non-hydrogen) atoms. The Hall–Kier alpha value is -1.76. The van der Waals surface area contributed by atoms with E-state index in [1.807, 2.05) is 43.3 Å². The fraction of sp³-hybridized carbons (Fsp3) is 0.200.